The van der Waals surface area contributed by atoms with Crippen molar-refractivity contribution in [1.29, 1.82) is 0 Å². The minimum atomic E-state index is -4.44. The Kier molecular flexibility index (Phi) is 5.39. The number of hydrogen-bond donors (Lipinski definition) is 1. The van der Waals surface area contributed by atoms with Crippen LogP contribution < -0.4 is 10.6 Å². The fraction of sp³-hybridized carbons (Fsp3) is 0.643. The SMILES string of the molecule is CC(C)CC(C)N(C)c1nc(C(F)(F)F)ccc1CN. The number of aromatic nitrogens is 1. The molecule has 0 aliphatic rings. The van der Waals surface area contributed by atoms with Crippen molar-refractivity contribution in [1.82, 2.24) is 4.98 Å². The van der Waals surface area contributed by atoms with Crippen LogP contribution in [0.25, 0.3) is 0 Å². The van der Waals surface area contributed by atoms with Gasteiger partial charge >= 0.3 is 6.18 Å². The van der Waals surface area contributed by atoms with Gasteiger partial charge in [0.05, 0.1) is 0 Å². The fourth-order valence-corrected chi connectivity index (χ4v) is 2.15. The maximum Gasteiger partial charge on any atom is 0.433 e. The summed E-state index contributed by atoms with van der Waals surface area (Å²) in [6.07, 6.45) is -3.57. The van der Waals surface area contributed by atoms with Crippen molar-refractivity contribution in [3.63, 3.8) is 0 Å². The normalized spacial score (nSPS) is 13.7. The summed E-state index contributed by atoms with van der Waals surface area (Å²) < 4.78 is 38.3. The number of alkyl halides is 3. The number of halogens is 3. The lowest BCUT2D eigenvalue weighted by Crippen LogP contribution is -2.32. The Labute approximate surface area is 118 Å². The van der Waals surface area contributed by atoms with E-state index in [1.165, 1.54) is 6.07 Å². The zero-order valence-corrected chi connectivity index (χ0v) is 12.3. The van der Waals surface area contributed by atoms with Crippen molar-refractivity contribution < 1.29 is 13.2 Å². The molecule has 114 valence electrons. The Balaban J connectivity index is 3.13. The Morgan fingerprint density at radius 3 is 2.30 bits per heavy atom. The van der Waals surface area contributed by atoms with E-state index < -0.39 is 11.9 Å². The van der Waals surface area contributed by atoms with E-state index in [2.05, 4.69) is 18.8 Å². The molecule has 1 unspecified atom stereocenters. The number of anilines is 1. The summed E-state index contributed by atoms with van der Waals surface area (Å²) in [5, 5.41) is 0. The van der Waals surface area contributed by atoms with Gasteiger partial charge in [-0.25, -0.2) is 4.98 Å². The molecule has 0 bridgehead atoms. The minimum absolute atomic E-state index is 0.0938. The first-order valence-corrected chi connectivity index (χ1v) is 6.66. The van der Waals surface area contributed by atoms with Gasteiger partial charge in [-0.1, -0.05) is 19.9 Å². The van der Waals surface area contributed by atoms with E-state index in [4.69, 9.17) is 5.73 Å². The lowest BCUT2D eigenvalue weighted by Gasteiger charge is -2.29. The van der Waals surface area contributed by atoms with Crippen molar-refractivity contribution in [2.75, 3.05) is 11.9 Å². The molecule has 0 aliphatic carbocycles. The maximum atomic E-state index is 12.8. The molecule has 0 aromatic carbocycles. The molecular weight excluding hydrogens is 267 g/mol. The maximum absolute atomic E-state index is 12.8. The van der Waals surface area contributed by atoms with Crippen LogP contribution in [0.4, 0.5) is 19.0 Å². The summed E-state index contributed by atoms with van der Waals surface area (Å²) in [6, 6.07) is 2.48. The van der Waals surface area contributed by atoms with Crippen molar-refractivity contribution in [3.8, 4) is 0 Å². The predicted octanol–water partition coefficient (Wildman–Crippen LogP) is 3.43. The number of rotatable bonds is 5. The Hall–Kier alpha value is -1.30. The Bertz CT molecular complexity index is 444. The summed E-state index contributed by atoms with van der Waals surface area (Å²) in [7, 11) is 1.76. The number of nitrogens with zero attached hydrogens (tertiary/aromatic N) is 2. The van der Waals surface area contributed by atoms with Crippen LogP contribution in [0.5, 0.6) is 0 Å². The van der Waals surface area contributed by atoms with Gasteiger partial charge in [-0.15, -0.1) is 0 Å². The molecule has 2 N–H and O–H groups in total. The molecule has 1 aromatic rings. The molecule has 0 saturated heterocycles. The average molecular weight is 289 g/mol. The van der Waals surface area contributed by atoms with Crippen LogP contribution in [0.15, 0.2) is 12.1 Å². The summed E-state index contributed by atoms with van der Waals surface area (Å²) in [5.74, 6) is 0.773. The predicted molar refractivity (Wildman–Crippen MR) is 74.5 cm³/mol. The highest BCUT2D eigenvalue weighted by atomic mass is 19.4. The third kappa shape index (κ3) is 4.10. The van der Waals surface area contributed by atoms with Crippen molar-refractivity contribution >= 4 is 5.82 Å². The van der Waals surface area contributed by atoms with E-state index in [0.29, 0.717) is 17.3 Å². The molecule has 1 heterocycles. The highest BCUT2D eigenvalue weighted by Crippen LogP contribution is 2.31. The topological polar surface area (TPSA) is 42.2 Å². The van der Waals surface area contributed by atoms with Crippen molar-refractivity contribution in [3.05, 3.63) is 23.4 Å². The summed E-state index contributed by atoms with van der Waals surface area (Å²) >= 11 is 0. The molecule has 0 aliphatic heterocycles. The van der Waals surface area contributed by atoms with Gasteiger partial charge in [0, 0.05) is 25.2 Å². The van der Waals surface area contributed by atoms with Crippen LogP contribution in [-0.4, -0.2) is 18.1 Å². The number of nitrogens with two attached hydrogens (primary N) is 1. The van der Waals surface area contributed by atoms with Gasteiger partial charge in [-0.05, 0) is 25.3 Å². The third-order valence-electron chi connectivity index (χ3n) is 3.27. The van der Waals surface area contributed by atoms with E-state index in [0.717, 1.165) is 12.5 Å². The molecule has 3 nitrogen and oxygen atoms in total. The second kappa shape index (κ2) is 6.43. The van der Waals surface area contributed by atoms with Crippen molar-refractivity contribution in [2.45, 2.75) is 46.0 Å². The lowest BCUT2D eigenvalue weighted by atomic mass is 10.0. The molecule has 0 radical (unpaired) electrons. The second-order valence-electron chi connectivity index (χ2n) is 5.47. The van der Waals surface area contributed by atoms with Gasteiger partial charge in [0.15, 0.2) is 0 Å². The number of pyridine rings is 1. The van der Waals surface area contributed by atoms with Crippen LogP contribution in [-0.2, 0) is 12.7 Å². The zero-order chi connectivity index (χ0) is 15.5. The molecule has 1 atom stereocenters. The fourth-order valence-electron chi connectivity index (χ4n) is 2.15. The van der Waals surface area contributed by atoms with E-state index in [1.54, 1.807) is 11.9 Å². The van der Waals surface area contributed by atoms with Crippen molar-refractivity contribution in [2.24, 2.45) is 11.7 Å². The molecule has 20 heavy (non-hydrogen) atoms. The summed E-state index contributed by atoms with van der Waals surface area (Å²) in [4.78, 5) is 5.54. The van der Waals surface area contributed by atoms with Gasteiger partial charge in [-0.2, -0.15) is 13.2 Å². The van der Waals surface area contributed by atoms with E-state index in [1.807, 2.05) is 6.92 Å². The first-order chi connectivity index (χ1) is 9.16. The molecule has 6 heteroatoms. The number of hydrogen-bond acceptors (Lipinski definition) is 3. The van der Waals surface area contributed by atoms with Crippen LogP contribution in [0, 0.1) is 5.92 Å². The smallest absolute Gasteiger partial charge is 0.357 e. The van der Waals surface area contributed by atoms with Gasteiger partial charge in [0.25, 0.3) is 0 Å². The average Bonchev–Trinajstić information content (AvgIpc) is 2.35. The third-order valence-corrected chi connectivity index (χ3v) is 3.27. The monoisotopic (exact) mass is 289 g/mol. The van der Waals surface area contributed by atoms with Crippen LogP contribution >= 0.6 is 0 Å². The molecule has 0 spiro atoms. The van der Waals surface area contributed by atoms with E-state index in [-0.39, 0.29) is 12.6 Å². The summed E-state index contributed by atoms with van der Waals surface area (Å²) in [5.41, 5.74) is 5.34. The second-order valence-corrected chi connectivity index (χ2v) is 5.47. The highest BCUT2D eigenvalue weighted by molar-refractivity contribution is 5.48. The van der Waals surface area contributed by atoms with Crippen LogP contribution in [0.2, 0.25) is 0 Å². The Morgan fingerprint density at radius 2 is 1.85 bits per heavy atom. The summed E-state index contributed by atoms with van der Waals surface area (Å²) in [6.45, 7) is 6.29. The van der Waals surface area contributed by atoms with Gasteiger partial charge < -0.3 is 10.6 Å². The molecule has 0 saturated carbocycles. The lowest BCUT2D eigenvalue weighted by molar-refractivity contribution is -0.141. The Morgan fingerprint density at radius 1 is 1.25 bits per heavy atom. The zero-order valence-electron chi connectivity index (χ0n) is 12.3. The van der Waals surface area contributed by atoms with E-state index in [9.17, 15) is 13.2 Å². The van der Waals surface area contributed by atoms with Gasteiger partial charge in [-0.3, -0.25) is 0 Å². The highest BCUT2D eigenvalue weighted by Gasteiger charge is 2.33. The first-order valence-electron chi connectivity index (χ1n) is 6.66. The first kappa shape index (κ1) is 16.8. The molecule has 0 amide bonds. The minimum Gasteiger partial charge on any atom is -0.357 e. The largest absolute Gasteiger partial charge is 0.433 e. The molecule has 1 aromatic heterocycles. The van der Waals surface area contributed by atoms with Crippen LogP contribution in [0.3, 0.4) is 0 Å². The van der Waals surface area contributed by atoms with Gasteiger partial charge in [0.1, 0.15) is 11.5 Å². The van der Waals surface area contributed by atoms with E-state index >= 15 is 0 Å². The molecule has 1 rings (SSSR count). The molecular formula is C14H22F3N3. The van der Waals surface area contributed by atoms with Crippen LogP contribution in [0.1, 0.15) is 38.4 Å². The van der Waals surface area contributed by atoms with Gasteiger partial charge in [0.2, 0.25) is 0 Å². The molecule has 0 fully saturated rings. The standard InChI is InChI=1S/C14H22F3N3/c1-9(2)7-10(3)20(4)13-11(8-18)5-6-12(19-13)14(15,16)17/h5-6,9-10H,7-8,18H2,1-4H3. The quantitative estimate of drug-likeness (QED) is 0.903.